The number of nitrogens with zero attached hydrogens (tertiary/aromatic N) is 1. The zero-order chi connectivity index (χ0) is 15.3. The van der Waals surface area contributed by atoms with Gasteiger partial charge in [0.25, 0.3) is 0 Å². The summed E-state index contributed by atoms with van der Waals surface area (Å²) in [7, 11) is 0. The zero-order valence-electron chi connectivity index (χ0n) is 12.6. The molecular weight excluding hydrogens is 260 g/mol. The fourth-order valence-corrected chi connectivity index (χ4v) is 2.47. The smallest absolute Gasteiger partial charge is 0.318 e. The molecule has 0 aromatic carbocycles. The third-order valence-electron chi connectivity index (χ3n) is 3.64. The molecule has 0 saturated heterocycles. The minimum atomic E-state index is -0.926. The van der Waals surface area contributed by atoms with Gasteiger partial charge in [-0.2, -0.15) is 0 Å². The number of carboxylic acid groups (broad SMARTS) is 1. The molecule has 1 aliphatic rings. The number of aliphatic carboxylic acids is 1. The number of carbonyl (C=O) groups excluding carboxylic acids is 1. The first-order valence-corrected chi connectivity index (χ1v) is 7.20. The molecular formula is C14H26N2O4. The molecule has 2 amide bonds. The van der Waals surface area contributed by atoms with Gasteiger partial charge in [0.15, 0.2) is 0 Å². The van der Waals surface area contributed by atoms with Crippen LogP contribution in [-0.4, -0.2) is 51.3 Å². The van der Waals surface area contributed by atoms with Crippen LogP contribution in [0.15, 0.2) is 0 Å². The van der Waals surface area contributed by atoms with E-state index in [1.165, 1.54) is 4.90 Å². The Morgan fingerprint density at radius 2 is 1.85 bits per heavy atom. The topological polar surface area (TPSA) is 89.9 Å². The molecule has 2 atom stereocenters. The Bertz CT molecular complexity index is 352. The van der Waals surface area contributed by atoms with E-state index < -0.39 is 17.6 Å². The van der Waals surface area contributed by atoms with Crippen molar-refractivity contribution in [2.24, 2.45) is 0 Å². The molecule has 116 valence electrons. The van der Waals surface area contributed by atoms with E-state index in [4.69, 9.17) is 5.11 Å². The van der Waals surface area contributed by atoms with Crippen molar-refractivity contribution in [3.63, 3.8) is 0 Å². The Balaban J connectivity index is 2.65. The Hall–Kier alpha value is -1.30. The van der Waals surface area contributed by atoms with E-state index in [0.29, 0.717) is 6.42 Å². The highest BCUT2D eigenvalue weighted by Crippen LogP contribution is 2.20. The van der Waals surface area contributed by atoms with Crippen LogP contribution in [0.3, 0.4) is 0 Å². The van der Waals surface area contributed by atoms with Gasteiger partial charge in [-0.15, -0.1) is 0 Å². The first-order valence-electron chi connectivity index (χ1n) is 7.20. The Morgan fingerprint density at radius 3 is 2.35 bits per heavy atom. The predicted octanol–water partition coefficient (Wildman–Crippen LogP) is 1.57. The predicted molar refractivity (Wildman–Crippen MR) is 75.5 cm³/mol. The maximum Gasteiger partial charge on any atom is 0.318 e. The van der Waals surface area contributed by atoms with E-state index in [1.54, 1.807) is 0 Å². The largest absolute Gasteiger partial charge is 0.481 e. The summed E-state index contributed by atoms with van der Waals surface area (Å²) in [4.78, 5) is 24.5. The number of urea groups is 1. The second kappa shape index (κ2) is 6.92. The molecule has 0 aliphatic heterocycles. The van der Waals surface area contributed by atoms with E-state index >= 15 is 0 Å². The highest BCUT2D eigenvalue weighted by atomic mass is 16.4. The van der Waals surface area contributed by atoms with Gasteiger partial charge < -0.3 is 20.4 Å². The molecule has 0 aromatic heterocycles. The number of hydrogen-bond acceptors (Lipinski definition) is 3. The number of hydrogen-bond donors (Lipinski definition) is 3. The molecule has 0 heterocycles. The third-order valence-corrected chi connectivity index (χ3v) is 3.64. The van der Waals surface area contributed by atoms with Gasteiger partial charge in [0.05, 0.1) is 18.6 Å². The SMILES string of the molecule is CC(C)(C)N(CCC(=O)O)C(=O)NC1CCCCC1O. The van der Waals surface area contributed by atoms with Crippen molar-refractivity contribution in [2.75, 3.05) is 6.54 Å². The van der Waals surface area contributed by atoms with Crippen LogP contribution in [0.5, 0.6) is 0 Å². The molecule has 6 heteroatoms. The van der Waals surface area contributed by atoms with Crippen LogP contribution in [0, 0.1) is 0 Å². The summed E-state index contributed by atoms with van der Waals surface area (Å²) in [5, 5.41) is 21.5. The van der Waals surface area contributed by atoms with Gasteiger partial charge in [0.1, 0.15) is 0 Å². The van der Waals surface area contributed by atoms with Crippen LogP contribution in [0.2, 0.25) is 0 Å². The van der Waals surface area contributed by atoms with Crippen molar-refractivity contribution in [2.45, 2.75) is 70.6 Å². The third kappa shape index (κ3) is 5.00. The van der Waals surface area contributed by atoms with E-state index in [1.807, 2.05) is 20.8 Å². The molecule has 0 radical (unpaired) electrons. The Morgan fingerprint density at radius 1 is 1.25 bits per heavy atom. The van der Waals surface area contributed by atoms with Gasteiger partial charge in [0, 0.05) is 12.1 Å². The first-order chi connectivity index (χ1) is 9.21. The number of nitrogens with one attached hydrogen (secondary N) is 1. The van der Waals surface area contributed by atoms with Crippen molar-refractivity contribution >= 4 is 12.0 Å². The normalized spacial score (nSPS) is 23.2. The highest BCUT2D eigenvalue weighted by Gasteiger charge is 2.31. The van der Waals surface area contributed by atoms with Crippen LogP contribution in [0.1, 0.15) is 52.9 Å². The molecule has 2 unspecified atom stereocenters. The maximum absolute atomic E-state index is 12.3. The van der Waals surface area contributed by atoms with Crippen LogP contribution in [0.4, 0.5) is 4.79 Å². The lowest BCUT2D eigenvalue weighted by Crippen LogP contribution is -2.55. The number of aliphatic hydroxyl groups is 1. The van der Waals surface area contributed by atoms with E-state index in [0.717, 1.165) is 19.3 Å². The standard InChI is InChI=1S/C14H26N2O4/c1-14(2,3)16(9-8-12(18)19)13(20)15-10-6-4-5-7-11(10)17/h10-11,17H,4-9H2,1-3H3,(H,15,20)(H,18,19). The summed E-state index contributed by atoms with van der Waals surface area (Å²) in [6.45, 7) is 5.76. The van der Waals surface area contributed by atoms with Gasteiger partial charge in [-0.05, 0) is 33.6 Å². The van der Waals surface area contributed by atoms with Gasteiger partial charge in [-0.1, -0.05) is 12.8 Å². The van der Waals surface area contributed by atoms with Gasteiger partial charge in [-0.25, -0.2) is 4.79 Å². The minimum Gasteiger partial charge on any atom is -0.481 e. The lowest BCUT2D eigenvalue weighted by atomic mass is 9.92. The van der Waals surface area contributed by atoms with Crippen molar-refractivity contribution in [3.05, 3.63) is 0 Å². The minimum absolute atomic E-state index is 0.0854. The average Bonchev–Trinajstić information content (AvgIpc) is 2.30. The first kappa shape index (κ1) is 16.8. The van der Waals surface area contributed by atoms with Crippen LogP contribution in [-0.2, 0) is 4.79 Å². The molecule has 1 saturated carbocycles. The lowest BCUT2D eigenvalue weighted by Gasteiger charge is -2.38. The summed E-state index contributed by atoms with van der Waals surface area (Å²) in [5.41, 5.74) is -0.459. The van der Waals surface area contributed by atoms with Crippen LogP contribution >= 0.6 is 0 Å². The Kier molecular flexibility index (Phi) is 5.80. The molecule has 1 aliphatic carbocycles. The molecule has 0 spiro atoms. The molecule has 1 rings (SSSR count). The second-order valence-corrected chi connectivity index (χ2v) is 6.37. The Labute approximate surface area is 120 Å². The summed E-state index contributed by atoms with van der Waals surface area (Å²) in [5.74, 6) is -0.926. The summed E-state index contributed by atoms with van der Waals surface area (Å²) >= 11 is 0. The summed E-state index contributed by atoms with van der Waals surface area (Å²) in [6, 6.07) is -0.532. The molecule has 20 heavy (non-hydrogen) atoms. The van der Waals surface area contributed by atoms with Gasteiger partial charge >= 0.3 is 12.0 Å². The zero-order valence-corrected chi connectivity index (χ0v) is 12.6. The molecule has 1 fully saturated rings. The fraction of sp³-hybridized carbons (Fsp3) is 0.857. The summed E-state index contributed by atoms with van der Waals surface area (Å²) in [6.07, 6.45) is 2.86. The van der Waals surface area contributed by atoms with Crippen LogP contribution < -0.4 is 5.32 Å². The van der Waals surface area contributed by atoms with Crippen molar-refractivity contribution in [1.82, 2.24) is 10.2 Å². The number of carbonyl (C=O) groups is 2. The molecule has 6 nitrogen and oxygen atoms in total. The van der Waals surface area contributed by atoms with Crippen molar-refractivity contribution in [1.29, 1.82) is 0 Å². The van der Waals surface area contributed by atoms with Crippen molar-refractivity contribution in [3.8, 4) is 0 Å². The van der Waals surface area contributed by atoms with Gasteiger partial charge in [-0.3, -0.25) is 4.79 Å². The molecule has 0 aromatic rings. The quantitative estimate of drug-likeness (QED) is 0.732. The highest BCUT2D eigenvalue weighted by molar-refractivity contribution is 5.76. The second-order valence-electron chi connectivity index (χ2n) is 6.37. The summed E-state index contributed by atoms with van der Waals surface area (Å²) < 4.78 is 0. The van der Waals surface area contributed by atoms with E-state index in [2.05, 4.69) is 5.32 Å². The van der Waals surface area contributed by atoms with E-state index in [-0.39, 0.29) is 25.0 Å². The molecule has 3 N–H and O–H groups in total. The number of amides is 2. The number of rotatable bonds is 4. The van der Waals surface area contributed by atoms with Gasteiger partial charge in [0.2, 0.25) is 0 Å². The molecule has 0 bridgehead atoms. The van der Waals surface area contributed by atoms with Crippen LogP contribution in [0.25, 0.3) is 0 Å². The number of carboxylic acids is 1. The monoisotopic (exact) mass is 286 g/mol. The average molecular weight is 286 g/mol. The lowest BCUT2D eigenvalue weighted by molar-refractivity contribution is -0.137. The fourth-order valence-electron chi connectivity index (χ4n) is 2.47. The van der Waals surface area contributed by atoms with Crippen molar-refractivity contribution < 1.29 is 19.8 Å². The van der Waals surface area contributed by atoms with E-state index in [9.17, 15) is 14.7 Å². The maximum atomic E-state index is 12.3. The number of aliphatic hydroxyl groups excluding tert-OH is 1.